The summed E-state index contributed by atoms with van der Waals surface area (Å²) in [6, 6.07) is 4.44. The second-order valence-corrected chi connectivity index (χ2v) is 5.91. The van der Waals surface area contributed by atoms with Crippen LogP contribution in [-0.2, 0) is 0 Å². The predicted octanol–water partition coefficient (Wildman–Crippen LogP) is 1.15. The second kappa shape index (κ2) is 5.79. The fourth-order valence-corrected chi connectivity index (χ4v) is 2.78. The van der Waals surface area contributed by atoms with Crippen molar-refractivity contribution in [1.29, 1.82) is 0 Å². The summed E-state index contributed by atoms with van der Waals surface area (Å²) in [5.74, 6) is 1.22. The lowest BCUT2D eigenvalue weighted by Crippen LogP contribution is -2.40. The lowest BCUT2D eigenvalue weighted by atomic mass is 9.98. The van der Waals surface area contributed by atoms with Crippen LogP contribution in [0.5, 0.6) is 0 Å². The number of amides is 1. The molecule has 1 aromatic heterocycles. The van der Waals surface area contributed by atoms with Crippen LogP contribution in [-0.4, -0.2) is 36.6 Å². The molecule has 1 aliphatic carbocycles. The van der Waals surface area contributed by atoms with Crippen LogP contribution in [0.2, 0.25) is 0 Å². The molecule has 3 rings (SSSR count). The van der Waals surface area contributed by atoms with E-state index in [1.807, 2.05) is 6.07 Å². The molecule has 5 nitrogen and oxygen atoms in total. The van der Waals surface area contributed by atoms with Crippen LogP contribution < -0.4 is 16.0 Å². The Morgan fingerprint density at radius 3 is 2.90 bits per heavy atom. The van der Waals surface area contributed by atoms with Gasteiger partial charge in [-0.3, -0.25) is 4.79 Å². The standard InChI is InChI=1S/C15H22N4O/c16-15(20)12-3-6-14(18-9-12)19-7-1-2-11(10-19)8-17-13-4-5-13/h3,6,9,11,13,17H,1-2,4-5,7-8,10H2,(H2,16,20). The van der Waals surface area contributed by atoms with Gasteiger partial charge in [0.2, 0.25) is 5.91 Å². The van der Waals surface area contributed by atoms with Crippen LogP contribution in [0.25, 0.3) is 0 Å². The number of nitrogens with one attached hydrogen (secondary N) is 1. The molecule has 0 spiro atoms. The van der Waals surface area contributed by atoms with Crippen molar-refractivity contribution in [2.45, 2.75) is 31.7 Å². The molecule has 2 fully saturated rings. The SMILES string of the molecule is NC(=O)c1ccc(N2CCCC(CNC3CC3)C2)nc1. The van der Waals surface area contributed by atoms with Crippen LogP contribution in [0.4, 0.5) is 5.82 Å². The second-order valence-electron chi connectivity index (χ2n) is 5.91. The molecule has 20 heavy (non-hydrogen) atoms. The summed E-state index contributed by atoms with van der Waals surface area (Å²) in [5, 5.41) is 3.61. The average Bonchev–Trinajstić information content (AvgIpc) is 3.30. The third-order valence-corrected chi connectivity index (χ3v) is 4.15. The number of aromatic nitrogens is 1. The molecule has 2 aliphatic rings. The Morgan fingerprint density at radius 2 is 2.25 bits per heavy atom. The number of piperidine rings is 1. The van der Waals surface area contributed by atoms with Gasteiger partial charge in [0, 0.05) is 25.3 Å². The molecule has 1 amide bonds. The van der Waals surface area contributed by atoms with Crippen molar-refractivity contribution in [2.24, 2.45) is 11.7 Å². The Balaban J connectivity index is 1.58. The monoisotopic (exact) mass is 274 g/mol. The van der Waals surface area contributed by atoms with Crippen LogP contribution in [0.1, 0.15) is 36.0 Å². The summed E-state index contributed by atoms with van der Waals surface area (Å²) >= 11 is 0. The van der Waals surface area contributed by atoms with Gasteiger partial charge < -0.3 is 16.0 Å². The van der Waals surface area contributed by atoms with Crippen molar-refractivity contribution < 1.29 is 4.79 Å². The van der Waals surface area contributed by atoms with Crippen molar-refractivity contribution in [3.63, 3.8) is 0 Å². The highest BCUT2D eigenvalue weighted by molar-refractivity contribution is 5.92. The molecule has 1 aliphatic heterocycles. The minimum atomic E-state index is -0.422. The average molecular weight is 274 g/mol. The Kier molecular flexibility index (Phi) is 3.87. The quantitative estimate of drug-likeness (QED) is 0.845. The van der Waals surface area contributed by atoms with Crippen LogP contribution >= 0.6 is 0 Å². The highest BCUT2D eigenvalue weighted by Crippen LogP contribution is 2.23. The molecular formula is C15H22N4O. The predicted molar refractivity (Wildman–Crippen MR) is 78.7 cm³/mol. The minimum Gasteiger partial charge on any atom is -0.366 e. The summed E-state index contributed by atoms with van der Waals surface area (Å²) in [5.41, 5.74) is 5.71. The highest BCUT2D eigenvalue weighted by atomic mass is 16.1. The van der Waals surface area contributed by atoms with Crippen LogP contribution in [0, 0.1) is 5.92 Å². The molecule has 1 unspecified atom stereocenters. The maximum atomic E-state index is 11.1. The first-order chi connectivity index (χ1) is 9.72. The summed E-state index contributed by atoms with van der Waals surface area (Å²) in [7, 11) is 0. The van der Waals surface area contributed by atoms with Gasteiger partial charge in [-0.15, -0.1) is 0 Å². The highest BCUT2D eigenvalue weighted by Gasteiger charge is 2.25. The van der Waals surface area contributed by atoms with Gasteiger partial charge in [-0.25, -0.2) is 4.98 Å². The first kappa shape index (κ1) is 13.4. The van der Waals surface area contributed by atoms with E-state index in [4.69, 9.17) is 5.73 Å². The summed E-state index contributed by atoms with van der Waals surface area (Å²) in [6.45, 7) is 3.20. The number of nitrogens with zero attached hydrogens (tertiary/aromatic N) is 2. The number of rotatable bonds is 5. The lowest BCUT2D eigenvalue weighted by Gasteiger charge is -2.33. The van der Waals surface area contributed by atoms with Gasteiger partial charge in [-0.1, -0.05) is 0 Å². The fraction of sp³-hybridized carbons (Fsp3) is 0.600. The lowest BCUT2D eigenvalue weighted by molar-refractivity contribution is 0.1000. The van der Waals surface area contributed by atoms with Crippen molar-refractivity contribution in [1.82, 2.24) is 10.3 Å². The van der Waals surface area contributed by atoms with Gasteiger partial charge in [0.05, 0.1) is 5.56 Å². The molecule has 1 atom stereocenters. The van der Waals surface area contributed by atoms with Gasteiger partial charge in [-0.05, 0) is 50.3 Å². The molecule has 5 heteroatoms. The molecule has 0 bridgehead atoms. The number of carbonyl (C=O) groups is 1. The number of pyridine rings is 1. The van der Waals surface area contributed by atoms with Crippen molar-refractivity contribution >= 4 is 11.7 Å². The van der Waals surface area contributed by atoms with Gasteiger partial charge in [0.25, 0.3) is 0 Å². The summed E-state index contributed by atoms with van der Waals surface area (Å²) in [4.78, 5) is 17.7. The summed E-state index contributed by atoms with van der Waals surface area (Å²) < 4.78 is 0. The number of hydrogen-bond donors (Lipinski definition) is 2. The van der Waals surface area contributed by atoms with Crippen LogP contribution in [0.15, 0.2) is 18.3 Å². The Bertz CT molecular complexity index is 469. The van der Waals surface area contributed by atoms with E-state index in [0.717, 1.165) is 31.5 Å². The van der Waals surface area contributed by atoms with Crippen LogP contribution in [0.3, 0.4) is 0 Å². The number of nitrogens with two attached hydrogens (primary N) is 1. The van der Waals surface area contributed by atoms with E-state index in [1.165, 1.54) is 25.7 Å². The molecule has 0 radical (unpaired) electrons. The molecule has 1 saturated carbocycles. The smallest absolute Gasteiger partial charge is 0.250 e. The van der Waals surface area contributed by atoms with E-state index in [0.29, 0.717) is 11.5 Å². The zero-order valence-corrected chi connectivity index (χ0v) is 11.7. The normalized spacial score (nSPS) is 22.8. The zero-order chi connectivity index (χ0) is 13.9. The van der Waals surface area contributed by atoms with Gasteiger partial charge in [0.1, 0.15) is 5.82 Å². The van der Waals surface area contributed by atoms with E-state index in [-0.39, 0.29) is 0 Å². The molecule has 1 saturated heterocycles. The van der Waals surface area contributed by atoms with E-state index in [9.17, 15) is 4.79 Å². The minimum absolute atomic E-state index is 0.422. The summed E-state index contributed by atoms with van der Waals surface area (Å²) in [6.07, 6.45) is 6.74. The maximum Gasteiger partial charge on any atom is 0.250 e. The largest absolute Gasteiger partial charge is 0.366 e. The van der Waals surface area contributed by atoms with E-state index < -0.39 is 5.91 Å². The fourth-order valence-electron chi connectivity index (χ4n) is 2.78. The Hall–Kier alpha value is -1.62. The zero-order valence-electron chi connectivity index (χ0n) is 11.7. The molecule has 2 heterocycles. The Morgan fingerprint density at radius 1 is 1.40 bits per heavy atom. The molecule has 1 aromatic rings. The maximum absolute atomic E-state index is 11.1. The van der Waals surface area contributed by atoms with Gasteiger partial charge in [-0.2, -0.15) is 0 Å². The third-order valence-electron chi connectivity index (χ3n) is 4.15. The van der Waals surface area contributed by atoms with Crippen molar-refractivity contribution in [3.8, 4) is 0 Å². The number of carbonyl (C=O) groups excluding carboxylic acids is 1. The van der Waals surface area contributed by atoms with E-state index in [2.05, 4.69) is 15.2 Å². The van der Waals surface area contributed by atoms with Gasteiger partial charge >= 0.3 is 0 Å². The topological polar surface area (TPSA) is 71.2 Å². The first-order valence-electron chi connectivity index (χ1n) is 7.46. The molecule has 3 N–H and O–H groups in total. The van der Waals surface area contributed by atoms with Crippen molar-refractivity contribution in [3.05, 3.63) is 23.9 Å². The molecular weight excluding hydrogens is 252 g/mol. The molecule has 0 aromatic carbocycles. The van der Waals surface area contributed by atoms with Gasteiger partial charge in [0.15, 0.2) is 0 Å². The van der Waals surface area contributed by atoms with Crippen molar-refractivity contribution in [2.75, 3.05) is 24.5 Å². The number of hydrogen-bond acceptors (Lipinski definition) is 4. The third kappa shape index (κ3) is 3.28. The molecule has 108 valence electrons. The first-order valence-corrected chi connectivity index (χ1v) is 7.46. The Labute approximate surface area is 119 Å². The number of anilines is 1. The van der Waals surface area contributed by atoms with E-state index >= 15 is 0 Å². The van der Waals surface area contributed by atoms with E-state index in [1.54, 1.807) is 12.3 Å². The number of primary amides is 1.